The van der Waals surface area contributed by atoms with Crippen molar-refractivity contribution in [2.24, 2.45) is 5.41 Å². The van der Waals surface area contributed by atoms with Crippen molar-refractivity contribution in [1.82, 2.24) is 0 Å². The molecule has 0 radical (unpaired) electrons. The van der Waals surface area contributed by atoms with Crippen molar-refractivity contribution in [3.8, 4) is 0 Å². The molecule has 0 heterocycles. The highest BCUT2D eigenvalue weighted by Crippen LogP contribution is 2.37. The van der Waals surface area contributed by atoms with Crippen LogP contribution in [0.25, 0.3) is 0 Å². The predicted molar refractivity (Wildman–Crippen MR) is 92.9 cm³/mol. The highest BCUT2D eigenvalue weighted by atomic mass is 32.2. The topological polar surface area (TPSA) is 54.4 Å². The van der Waals surface area contributed by atoms with Gasteiger partial charge in [0.25, 0.3) is 0 Å². The number of aliphatic hydroxyl groups is 1. The van der Waals surface area contributed by atoms with E-state index in [1.54, 1.807) is 37.3 Å². The Hall–Kier alpha value is -1.91. The van der Waals surface area contributed by atoms with Crippen molar-refractivity contribution in [1.29, 1.82) is 0 Å². The van der Waals surface area contributed by atoms with Gasteiger partial charge in [-0.2, -0.15) is 0 Å². The molecule has 2 aromatic rings. The lowest BCUT2D eigenvalue weighted by molar-refractivity contribution is 0.0840. The Morgan fingerprint density at radius 2 is 1.70 bits per heavy atom. The molecule has 4 heteroatoms. The van der Waals surface area contributed by atoms with Crippen LogP contribution in [0, 0.1) is 12.3 Å². The van der Waals surface area contributed by atoms with E-state index in [1.807, 2.05) is 31.2 Å². The van der Waals surface area contributed by atoms with Crippen LogP contribution in [0.5, 0.6) is 0 Å². The van der Waals surface area contributed by atoms with Crippen molar-refractivity contribution < 1.29 is 13.5 Å². The third-order valence-corrected chi connectivity index (χ3v) is 6.08. The van der Waals surface area contributed by atoms with E-state index < -0.39 is 21.4 Å². The molecule has 2 atom stereocenters. The minimum absolute atomic E-state index is 0.206. The number of sulfone groups is 1. The Morgan fingerprint density at radius 3 is 2.22 bits per heavy atom. The molecule has 2 unspecified atom stereocenters. The number of hydrogen-bond acceptors (Lipinski definition) is 3. The normalized spacial score (nSPS) is 15.6. The Labute approximate surface area is 138 Å². The van der Waals surface area contributed by atoms with Crippen molar-refractivity contribution in [2.75, 3.05) is 5.75 Å². The second kappa shape index (κ2) is 6.69. The number of hydrogen-bond donors (Lipinski definition) is 1. The fourth-order valence-electron chi connectivity index (χ4n) is 2.50. The van der Waals surface area contributed by atoms with Crippen molar-refractivity contribution in [3.63, 3.8) is 0 Å². The molecule has 0 aliphatic heterocycles. The molecule has 0 saturated heterocycles. The largest absolute Gasteiger partial charge is 0.387 e. The van der Waals surface area contributed by atoms with Crippen LogP contribution < -0.4 is 0 Å². The van der Waals surface area contributed by atoms with E-state index >= 15 is 0 Å². The summed E-state index contributed by atoms with van der Waals surface area (Å²) < 4.78 is 25.3. The zero-order valence-electron chi connectivity index (χ0n) is 13.4. The van der Waals surface area contributed by atoms with Crippen molar-refractivity contribution in [3.05, 3.63) is 78.4 Å². The van der Waals surface area contributed by atoms with E-state index in [0.717, 1.165) is 5.56 Å². The molecular weight excluding hydrogens is 308 g/mol. The fraction of sp³-hybridized carbons (Fsp3) is 0.263. The molecule has 0 amide bonds. The van der Waals surface area contributed by atoms with Gasteiger partial charge in [0.2, 0.25) is 0 Å². The molecule has 0 saturated carbocycles. The maximum atomic E-state index is 12.6. The summed E-state index contributed by atoms with van der Waals surface area (Å²) in [5.41, 5.74) is 0.781. The first kappa shape index (κ1) is 17.4. The Morgan fingerprint density at radius 1 is 1.13 bits per heavy atom. The van der Waals surface area contributed by atoms with Crippen LogP contribution >= 0.6 is 0 Å². The fourth-order valence-corrected chi connectivity index (χ4v) is 4.33. The number of aliphatic hydroxyl groups excluding tert-OH is 1. The highest BCUT2D eigenvalue weighted by molar-refractivity contribution is 7.91. The quantitative estimate of drug-likeness (QED) is 0.822. The van der Waals surface area contributed by atoms with Crippen molar-refractivity contribution in [2.45, 2.75) is 24.8 Å². The molecule has 0 fully saturated rings. The molecule has 0 aliphatic rings. The van der Waals surface area contributed by atoms with E-state index in [2.05, 4.69) is 6.58 Å². The number of rotatable bonds is 6. The summed E-state index contributed by atoms with van der Waals surface area (Å²) in [5.74, 6) is -0.206. The molecular formula is C19H22O3S. The summed E-state index contributed by atoms with van der Waals surface area (Å²) in [4.78, 5) is 0.254. The summed E-state index contributed by atoms with van der Waals surface area (Å²) >= 11 is 0. The third-order valence-electron chi connectivity index (χ3n) is 4.09. The maximum absolute atomic E-state index is 12.6. The molecule has 0 spiro atoms. The van der Waals surface area contributed by atoms with E-state index in [-0.39, 0.29) is 10.6 Å². The van der Waals surface area contributed by atoms with Gasteiger partial charge in [0.05, 0.1) is 16.8 Å². The Balaban J connectivity index is 2.33. The first-order valence-electron chi connectivity index (χ1n) is 7.44. The Kier molecular flexibility index (Phi) is 5.07. The molecule has 2 aromatic carbocycles. The number of aryl methyl sites for hydroxylation is 1. The van der Waals surface area contributed by atoms with E-state index in [9.17, 15) is 13.5 Å². The van der Waals surface area contributed by atoms with Gasteiger partial charge in [0, 0.05) is 5.41 Å². The lowest BCUT2D eigenvalue weighted by atomic mass is 9.82. The minimum atomic E-state index is -3.52. The van der Waals surface area contributed by atoms with E-state index in [0.29, 0.717) is 5.56 Å². The second-order valence-corrected chi connectivity index (χ2v) is 8.08. The first-order valence-corrected chi connectivity index (χ1v) is 9.10. The second-order valence-electron chi connectivity index (χ2n) is 6.10. The summed E-state index contributed by atoms with van der Waals surface area (Å²) in [6, 6.07) is 15.7. The lowest BCUT2D eigenvalue weighted by Gasteiger charge is -2.31. The monoisotopic (exact) mass is 330 g/mol. The van der Waals surface area contributed by atoms with Crippen LogP contribution in [0.1, 0.15) is 24.2 Å². The zero-order chi connectivity index (χ0) is 17.1. The third kappa shape index (κ3) is 3.89. The van der Waals surface area contributed by atoms with Gasteiger partial charge in [-0.05, 0) is 24.6 Å². The van der Waals surface area contributed by atoms with Crippen molar-refractivity contribution >= 4 is 9.84 Å². The predicted octanol–water partition coefficient (Wildman–Crippen LogP) is 3.69. The molecule has 1 N–H and O–H groups in total. The molecule has 3 nitrogen and oxygen atoms in total. The summed E-state index contributed by atoms with van der Waals surface area (Å²) in [6.07, 6.45) is 0.581. The molecule has 0 aliphatic carbocycles. The SMILES string of the molecule is C=CC(C)(CS(=O)(=O)c1ccccc1)C(O)c1ccc(C)cc1. The van der Waals surface area contributed by atoms with E-state index in [4.69, 9.17) is 0 Å². The zero-order valence-corrected chi connectivity index (χ0v) is 14.3. The van der Waals surface area contributed by atoms with Gasteiger partial charge in [0.1, 0.15) is 0 Å². The average Bonchev–Trinajstić information content (AvgIpc) is 2.55. The van der Waals surface area contributed by atoms with Crippen LogP contribution in [-0.2, 0) is 9.84 Å². The van der Waals surface area contributed by atoms with Gasteiger partial charge < -0.3 is 5.11 Å². The molecule has 0 aromatic heterocycles. The lowest BCUT2D eigenvalue weighted by Crippen LogP contribution is -2.32. The average molecular weight is 330 g/mol. The van der Waals surface area contributed by atoms with Gasteiger partial charge in [-0.1, -0.05) is 61.0 Å². The summed E-state index contributed by atoms with van der Waals surface area (Å²) in [6.45, 7) is 7.42. The molecule has 122 valence electrons. The van der Waals surface area contributed by atoms with Crippen LogP contribution in [0.15, 0.2) is 72.1 Å². The van der Waals surface area contributed by atoms with Gasteiger partial charge in [-0.15, -0.1) is 6.58 Å². The standard InChI is InChI=1S/C19H22O3S/c1-4-19(3,18(20)16-12-10-15(2)11-13-16)14-23(21,22)17-8-6-5-7-9-17/h4-13,18,20H,1,14H2,2-3H3. The number of benzene rings is 2. The van der Waals surface area contributed by atoms with Crippen LogP contribution in [0.2, 0.25) is 0 Å². The summed E-state index contributed by atoms with van der Waals surface area (Å²) in [7, 11) is -3.52. The minimum Gasteiger partial charge on any atom is -0.387 e. The van der Waals surface area contributed by atoms with Crippen LogP contribution in [0.3, 0.4) is 0 Å². The molecule has 23 heavy (non-hydrogen) atoms. The van der Waals surface area contributed by atoms with Gasteiger partial charge in [-0.25, -0.2) is 8.42 Å². The summed E-state index contributed by atoms with van der Waals surface area (Å²) in [5, 5.41) is 10.7. The molecule has 2 rings (SSSR count). The van der Waals surface area contributed by atoms with E-state index in [1.165, 1.54) is 6.08 Å². The smallest absolute Gasteiger partial charge is 0.179 e. The Bertz CT molecular complexity index is 764. The first-order chi connectivity index (χ1) is 10.8. The van der Waals surface area contributed by atoms with Crippen LogP contribution in [-0.4, -0.2) is 19.3 Å². The molecule has 0 bridgehead atoms. The van der Waals surface area contributed by atoms with Gasteiger partial charge >= 0.3 is 0 Å². The maximum Gasteiger partial charge on any atom is 0.179 e. The highest BCUT2D eigenvalue weighted by Gasteiger charge is 2.36. The van der Waals surface area contributed by atoms with Gasteiger partial charge in [0.15, 0.2) is 9.84 Å². The van der Waals surface area contributed by atoms with Gasteiger partial charge in [-0.3, -0.25) is 0 Å². The van der Waals surface area contributed by atoms with Crippen LogP contribution in [0.4, 0.5) is 0 Å².